The standard InChI is InChI=1S/C18H16F6N2O3/c19-12-3-2-11(17(28)26-29-8-7-27)16(15(12)21)25-14-4-1-10(9-13(14)20)5-6-18(22,23)24/h1-4,9,25,27H,5-8H2,(H,26,28). The lowest BCUT2D eigenvalue weighted by molar-refractivity contribution is -0.134. The van der Waals surface area contributed by atoms with Gasteiger partial charge in [-0.15, -0.1) is 0 Å². The Hall–Kier alpha value is -2.79. The van der Waals surface area contributed by atoms with Gasteiger partial charge in [-0.1, -0.05) is 6.07 Å². The fraction of sp³-hybridized carbons (Fsp3) is 0.278. The topological polar surface area (TPSA) is 70.6 Å². The minimum absolute atomic E-state index is 0.0560. The van der Waals surface area contributed by atoms with Crippen molar-refractivity contribution in [2.24, 2.45) is 0 Å². The lowest BCUT2D eigenvalue weighted by Gasteiger charge is -2.15. The number of hydroxylamine groups is 1. The second kappa shape index (κ2) is 9.61. The van der Waals surface area contributed by atoms with Gasteiger partial charge in [-0.05, 0) is 36.2 Å². The van der Waals surface area contributed by atoms with Crippen LogP contribution in [0.5, 0.6) is 0 Å². The van der Waals surface area contributed by atoms with Crippen LogP contribution in [-0.2, 0) is 11.3 Å². The molecule has 1 amide bonds. The van der Waals surface area contributed by atoms with Crippen molar-refractivity contribution in [2.75, 3.05) is 18.5 Å². The molecule has 0 saturated heterocycles. The number of aryl methyl sites for hydroxylation is 1. The van der Waals surface area contributed by atoms with Crippen LogP contribution in [0.2, 0.25) is 0 Å². The van der Waals surface area contributed by atoms with Gasteiger partial charge in [0, 0.05) is 6.42 Å². The predicted molar refractivity (Wildman–Crippen MR) is 90.9 cm³/mol. The van der Waals surface area contributed by atoms with E-state index in [0.717, 1.165) is 18.2 Å². The van der Waals surface area contributed by atoms with E-state index in [1.54, 1.807) is 0 Å². The first-order chi connectivity index (χ1) is 13.6. The molecular weight excluding hydrogens is 406 g/mol. The molecule has 0 unspecified atom stereocenters. The van der Waals surface area contributed by atoms with Gasteiger partial charge in [-0.2, -0.15) is 13.2 Å². The second-order valence-electron chi connectivity index (χ2n) is 5.84. The Morgan fingerprint density at radius 3 is 2.41 bits per heavy atom. The minimum Gasteiger partial charge on any atom is -0.394 e. The number of carbonyl (C=O) groups excluding carboxylic acids is 1. The van der Waals surface area contributed by atoms with E-state index in [0.29, 0.717) is 6.07 Å². The third kappa shape index (κ3) is 6.36. The monoisotopic (exact) mass is 422 g/mol. The molecule has 158 valence electrons. The zero-order valence-corrected chi connectivity index (χ0v) is 14.7. The lowest BCUT2D eigenvalue weighted by Crippen LogP contribution is -2.26. The quantitative estimate of drug-likeness (QED) is 0.342. The maximum absolute atomic E-state index is 14.3. The van der Waals surface area contributed by atoms with Gasteiger partial charge in [0.2, 0.25) is 0 Å². The molecule has 0 bridgehead atoms. The summed E-state index contributed by atoms with van der Waals surface area (Å²) in [4.78, 5) is 16.7. The van der Waals surface area contributed by atoms with Crippen LogP contribution in [0.15, 0.2) is 30.3 Å². The number of carbonyl (C=O) groups is 1. The van der Waals surface area contributed by atoms with Crippen molar-refractivity contribution in [1.29, 1.82) is 0 Å². The van der Waals surface area contributed by atoms with Crippen molar-refractivity contribution in [3.63, 3.8) is 0 Å². The molecule has 0 aromatic heterocycles. The van der Waals surface area contributed by atoms with E-state index in [1.165, 1.54) is 6.07 Å². The van der Waals surface area contributed by atoms with Crippen LogP contribution in [-0.4, -0.2) is 30.4 Å². The average Bonchev–Trinajstić information content (AvgIpc) is 2.65. The van der Waals surface area contributed by atoms with Gasteiger partial charge in [0.25, 0.3) is 5.91 Å². The summed E-state index contributed by atoms with van der Waals surface area (Å²) in [5, 5.41) is 10.9. The molecule has 2 aromatic carbocycles. The molecule has 5 nitrogen and oxygen atoms in total. The molecule has 0 aliphatic carbocycles. The summed E-state index contributed by atoms with van der Waals surface area (Å²) in [5.74, 6) is -4.80. The van der Waals surface area contributed by atoms with Gasteiger partial charge in [0.1, 0.15) is 5.82 Å². The maximum atomic E-state index is 14.3. The van der Waals surface area contributed by atoms with Crippen LogP contribution in [0, 0.1) is 17.5 Å². The van der Waals surface area contributed by atoms with Gasteiger partial charge in [-0.3, -0.25) is 9.63 Å². The lowest BCUT2D eigenvalue weighted by atomic mass is 10.1. The first kappa shape index (κ1) is 22.5. The molecule has 0 saturated carbocycles. The Labute approximate surface area is 161 Å². The summed E-state index contributed by atoms with van der Waals surface area (Å²) in [6.45, 7) is -0.665. The fourth-order valence-electron chi connectivity index (χ4n) is 2.32. The first-order valence-corrected chi connectivity index (χ1v) is 8.25. The summed E-state index contributed by atoms with van der Waals surface area (Å²) in [6, 6.07) is 4.68. The highest BCUT2D eigenvalue weighted by Gasteiger charge is 2.26. The van der Waals surface area contributed by atoms with E-state index in [9.17, 15) is 31.1 Å². The molecule has 3 N–H and O–H groups in total. The number of aliphatic hydroxyl groups excluding tert-OH is 1. The van der Waals surface area contributed by atoms with E-state index in [4.69, 9.17) is 5.11 Å². The number of anilines is 2. The number of benzene rings is 2. The highest BCUT2D eigenvalue weighted by molar-refractivity contribution is 5.99. The van der Waals surface area contributed by atoms with Gasteiger partial charge in [0.05, 0.1) is 30.2 Å². The van der Waals surface area contributed by atoms with E-state index < -0.39 is 60.2 Å². The SMILES string of the molecule is O=C(NOCCO)c1ccc(F)c(F)c1Nc1ccc(CCC(F)(F)F)cc1F. The van der Waals surface area contributed by atoms with Crippen molar-refractivity contribution in [1.82, 2.24) is 5.48 Å². The van der Waals surface area contributed by atoms with E-state index >= 15 is 0 Å². The molecule has 0 heterocycles. The molecular formula is C18H16F6N2O3. The van der Waals surface area contributed by atoms with Crippen LogP contribution in [0.1, 0.15) is 22.3 Å². The Balaban J connectivity index is 2.26. The predicted octanol–water partition coefficient (Wildman–Crippen LogP) is 4.00. The van der Waals surface area contributed by atoms with Crippen LogP contribution >= 0.6 is 0 Å². The van der Waals surface area contributed by atoms with E-state index in [1.807, 2.05) is 5.48 Å². The molecule has 0 fully saturated rings. The Morgan fingerprint density at radius 1 is 1.07 bits per heavy atom. The molecule has 0 aliphatic heterocycles. The maximum Gasteiger partial charge on any atom is 0.389 e. The highest BCUT2D eigenvalue weighted by atomic mass is 19.4. The van der Waals surface area contributed by atoms with Gasteiger partial charge < -0.3 is 10.4 Å². The van der Waals surface area contributed by atoms with Crippen molar-refractivity contribution in [3.05, 3.63) is 58.9 Å². The zero-order valence-electron chi connectivity index (χ0n) is 14.7. The fourth-order valence-corrected chi connectivity index (χ4v) is 2.32. The number of nitrogens with one attached hydrogen (secondary N) is 2. The number of hydrogen-bond acceptors (Lipinski definition) is 4. The highest BCUT2D eigenvalue weighted by Crippen LogP contribution is 2.29. The summed E-state index contributed by atoms with van der Waals surface area (Å²) in [6.07, 6.45) is -6.00. The molecule has 0 aliphatic rings. The van der Waals surface area contributed by atoms with E-state index in [-0.39, 0.29) is 17.9 Å². The first-order valence-electron chi connectivity index (χ1n) is 8.25. The van der Waals surface area contributed by atoms with Crippen LogP contribution in [0.4, 0.5) is 37.7 Å². The number of aliphatic hydroxyl groups is 1. The molecule has 2 aromatic rings. The number of rotatable bonds is 8. The Kier molecular flexibility index (Phi) is 7.46. The molecule has 2 rings (SSSR count). The van der Waals surface area contributed by atoms with Crippen molar-refractivity contribution in [3.8, 4) is 0 Å². The van der Waals surface area contributed by atoms with Crippen molar-refractivity contribution < 1.29 is 41.1 Å². The molecule has 29 heavy (non-hydrogen) atoms. The van der Waals surface area contributed by atoms with Gasteiger partial charge in [0.15, 0.2) is 11.6 Å². The third-order valence-electron chi connectivity index (χ3n) is 3.69. The third-order valence-corrected chi connectivity index (χ3v) is 3.69. The van der Waals surface area contributed by atoms with Gasteiger partial charge >= 0.3 is 6.18 Å². The summed E-state index contributed by atoms with van der Waals surface area (Å²) < 4.78 is 78.9. The Bertz CT molecular complexity index is 873. The normalized spacial score (nSPS) is 11.4. The van der Waals surface area contributed by atoms with Crippen molar-refractivity contribution in [2.45, 2.75) is 19.0 Å². The van der Waals surface area contributed by atoms with Crippen LogP contribution in [0.25, 0.3) is 0 Å². The van der Waals surface area contributed by atoms with Crippen LogP contribution < -0.4 is 10.8 Å². The zero-order chi connectivity index (χ0) is 21.6. The average molecular weight is 422 g/mol. The Morgan fingerprint density at radius 2 is 1.79 bits per heavy atom. The minimum atomic E-state index is -4.40. The number of alkyl halides is 3. The molecule has 0 spiro atoms. The van der Waals surface area contributed by atoms with Gasteiger partial charge in [-0.25, -0.2) is 18.7 Å². The number of amides is 1. The molecule has 0 atom stereocenters. The number of halogens is 6. The second-order valence-corrected chi connectivity index (χ2v) is 5.84. The molecule has 11 heteroatoms. The van der Waals surface area contributed by atoms with E-state index in [2.05, 4.69) is 10.2 Å². The summed E-state index contributed by atoms with van der Waals surface area (Å²) in [5.41, 5.74) is 0.450. The number of hydrogen-bond donors (Lipinski definition) is 3. The van der Waals surface area contributed by atoms with Crippen molar-refractivity contribution >= 4 is 17.3 Å². The summed E-state index contributed by atoms with van der Waals surface area (Å²) in [7, 11) is 0. The van der Waals surface area contributed by atoms with Crippen LogP contribution in [0.3, 0.4) is 0 Å². The largest absolute Gasteiger partial charge is 0.394 e. The summed E-state index contributed by atoms with van der Waals surface area (Å²) >= 11 is 0. The molecule has 0 radical (unpaired) electrons. The smallest absolute Gasteiger partial charge is 0.389 e.